The Balaban J connectivity index is 2.11. The molecule has 2 rings (SSSR count). The number of piperidine rings is 1. The molecule has 1 spiro atoms. The van der Waals surface area contributed by atoms with Gasteiger partial charge in [-0.25, -0.2) is 4.79 Å². The Bertz CT molecular complexity index is 393. The number of amides is 3. The summed E-state index contributed by atoms with van der Waals surface area (Å²) in [4.78, 5) is 25.9. The fourth-order valence-electron chi connectivity index (χ4n) is 2.40. The molecule has 0 aromatic carbocycles. The fourth-order valence-corrected chi connectivity index (χ4v) is 2.47. The van der Waals surface area contributed by atoms with Gasteiger partial charge in [0.05, 0.1) is 4.99 Å². The largest absolute Gasteiger partial charge is 0.393 e. The zero-order valence-electron chi connectivity index (χ0n) is 10.4. The Morgan fingerprint density at radius 1 is 1.50 bits per heavy atom. The van der Waals surface area contributed by atoms with E-state index in [1.54, 1.807) is 0 Å². The number of imide groups is 1. The summed E-state index contributed by atoms with van der Waals surface area (Å²) in [5.74, 6) is -0.302. The van der Waals surface area contributed by atoms with Crippen molar-refractivity contribution in [3.8, 4) is 0 Å². The van der Waals surface area contributed by atoms with Gasteiger partial charge in [0.1, 0.15) is 5.54 Å². The Labute approximate surface area is 111 Å². The van der Waals surface area contributed by atoms with Gasteiger partial charge >= 0.3 is 6.03 Å². The van der Waals surface area contributed by atoms with Crippen LogP contribution >= 0.6 is 12.2 Å². The molecule has 0 radical (unpaired) electrons. The van der Waals surface area contributed by atoms with Crippen molar-refractivity contribution in [3.63, 3.8) is 0 Å². The molecule has 4 N–H and O–H groups in total. The molecule has 2 aliphatic rings. The highest BCUT2D eigenvalue weighted by atomic mass is 32.1. The molecule has 0 aliphatic carbocycles. The van der Waals surface area contributed by atoms with Crippen LogP contribution in [0.4, 0.5) is 4.79 Å². The van der Waals surface area contributed by atoms with Gasteiger partial charge in [0, 0.05) is 12.5 Å². The van der Waals surface area contributed by atoms with Crippen LogP contribution in [0.3, 0.4) is 0 Å². The quantitative estimate of drug-likeness (QED) is 0.479. The number of nitrogens with zero attached hydrogens (tertiary/aromatic N) is 1. The van der Waals surface area contributed by atoms with Gasteiger partial charge in [0.2, 0.25) is 0 Å². The molecular weight excluding hydrogens is 252 g/mol. The Morgan fingerprint density at radius 3 is 2.67 bits per heavy atom. The van der Waals surface area contributed by atoms with Crippen molar-refractivity contribution in [1.82, 2.24) is 15.5 Å². The number of thiocarbonyl (C=S) groups is 1. The van der Waals surface area contributed by atoms with Gasteiger partial charge in [0.25, 0.3) is 5.91 Å². The number of carbonyl (C=O) groups excluding carboxylic acids is 2. The summed E-state index contributed by atoms with van der Waals surface area (Å²) in [5, 5.41) is 6.01. The second kappa shape index (κ2) is 4.81. The minimum atomic E-state index is -0.710. The highest BCUT2D eigenvalue weighted by Gasteiger charge is 2.51. The summed E-state index contributed by atoms with van der Waals surface area (Å²) >= 11 is 4.88. The molecule has 0 bridgehead atoms. The molecule has 2 fully saturated rings. The third-order valence-electron chi connectivity index (χ3n) is 3.65. The smallest absolute Gasteiger partial charge is 0.325 e. The molecule has 0 aromatic rings. The fraction of sp³-hybridized carbons (Fsp3) is 0.727. The van der Waals surface area contributed by atoms with E-state index in [2.05, 4.69) is 10.6 Å². The topological polar surface area (TPSA) is 87.5 Å². The van der Waals surface area contributed by atoms with E-state index in [1.807, 2.05) is 6.92 Å². The van der Waals surface area contributed by atoms with Gasteiger partial charge in [0.15, 0.2) is 0 Å². The van der Waals surface area contributed by atoms with Crippen molar-refractivity contribution in [2.24, 2.45) is 11.7 Å². The van der Waals surface area contributed by atoms with Gasteiger partial charge in [-0.05, 0) is 25.9 Å². The summed E-state index contributed by atoms with van der Waals surface area (Å²) in [6.45, 7) is 3.56. The average Bonchev–Trinajstić information content (AvgIpc) is 2.55. The highest BCUT2D eigenvalue weighted by molar-refractivity contribution is 7.80. The third-order valence-corrected chi connectivity index (χ3v) is 4.05. The normalized spacial score (nSPS) is 24.2. The monoisotopic (exact) mass is 270 g/mol. The number of hydrogen-bond acceptors (Lipinski definition) is 4. The molecular formula is C11H18N4O2S. The molecule has 0 aromatic heterocycles. The van der Waals surface area contributed by atoms with Gasteiger partial charge in [-0.3, -0.25) is 9.69 Å². The zero-order valence-corrected chi connectivity index (χ0v) is 11.2. The van der Waals surface area contributed by atoms with Crippen LogP contribution in [0.15, 0.2) is 0 Å². The summed E-state index contributed by atoms with van der Waals surface area (Å²) in [6.07, 6.45) is 1.27. The van der Waals surface area contributed by atoms with Crippen molar-refractivity contribution < 1.29 is 9.59 Å². The van der Waals surface area contributed by atoms with Gasteiger partial charge < -0.3 is 16.4 Å². The minimum absolute atomic E-state index is 0.142. The highest BCUT2D eigenvalue weighted by Crippen LogP contribution is 2.27. The van der Waals surface area contributed by atoms with E-state index in [0.29, 0.717) is 17.8 Å². The van der Waals surface area contributed by atoms with Crippen LogP contribution < -0.4 is 16.4 Å². The van der Waals surface area contributed by atoms with E-state index < -0.39 is 5.54 Å². The van der Waals surface area contributed by atoms with E-state index in [-0.39, 0.29) is 24.4 Å². The predicted molar refractivity (Wildman–Crippen MR) is 71.0 cm³/mol. The van der Waals surface area contributed by atoms with Crippen molar-refractivity contribution in [1.29, 1.82) is 0 Å². The van der Waals surface area contributed by atoms with Crippen LogP contribution in [0, 0.1) is 5.92 Å². The lowest BCUT2D eigenvalue weighted by Crippen LogP contribution is -2.54. The average molecular weight is 270 g/mol. The van der Waals surface area contributed by atoms with Crippen LogP contribution in [0.5, 0.6) is 0 Å². The van der Waals surface area contributed by atoms with Crippen molar-refractivity contribution in [3.05, 3.63) is 0 Å². The lowest BCUT2D eigenvalue weighted by atomic mass is 9.88. The zero-order chi connectivity index (χ0) is 13.3. The molecule has 2 saturated heterocycles. The van der Waals surface area contributed by atoms with Crippen LogP contribution in [-0.4, -0.2) is 47.0 Å². The van der Waals surface area contributed by atoms with Crippen molar-refractivity contribution >= 4 is 29.1 Å². The van der Waals surface area contributed by atoms with E-state index in [4.69, 9.17) is 18.0 Å². The number of urea groups is 1. The van der Waals surface area contributed by atoms with Gasteiger partial charge in [-0.15, -0.1) is 0 Å². The number of carbonyl (C=O) groups is 2. The molecule has 0 saturated carbocycles. The molecule has 3 amide bonds. The maximum atomic E-state index is 12.4. The second-order valence-corrected chi connectivity index (χ2v) is 5.45. The predicted octanol–water partition coefficient (Wildman–Crippen LogP) is -0.417. The van der Waals surface area contributed by atoms with E-state index in [1.165, 1.54) is 4.90 Å². The first kappa shape index (κ1) is 13.2. The van der Waals surface area contributed by atoms with Gasteiger partial charge in [-0.1, -0.05) is 19.1 Å². The van der Waals surface area contributed by atoms with Crippen LogP contribution in [-0.2, 0) is 4.79 Å². The van der Waals surface area contributed by atoms with Crippen molar-refractivity contribution in [2.75, 3.05) is 19.6 Å². The summed E-state index contributed by atoms with van der Waals surface area (Å²) in [5.41, 5.74) is 4.82. The number of rotatable bonds is 3. The molecule has 7 heteroatoms. The van der Waals surface area contributed by atoms with Gasteiger partial charge in [-0.2, -0.15) is 0 Å². The van der Waals surface area contributed by atoms with Crippen LogP contribution in [0.2, 0.25) is 0 Å². The molecule has 1 unspecified atom stereocenters. The Morgan fingerprint density at radius 2 is 2.11 bits per heavy atom. The maximum absolute atomic E-state index is 12.4. The number of nitrogens with one attached hydrogen (secondary N) is 2. The van der Waals surface area contributed by atoms with E-state index in [9.17, 15) is 9.59 Å². The van der Waals surface area contributed by atoms with Crippen molar-refractivity contribution in [2.45, 2.75) is 25.3 Å². The summed E-state index contributed by atoms with van der Waals surface area (Å²) in [6, 6.07) is -0.329. The first-order valence-electron chi connectivity index (χ1n) is 6.10. The molecule has 18 heavy (non-hydrogen) atoms. The Hall–Kier alpha value is -1.21. The molecule has 2 aliphatic heterocycles. The van der Waals surface area contributed by atoms with E-state index >= 15 is 0 Å². The lowest BCUT2D eigenvalue weighted by molar-refractivity contribution is -0.132. The van der Waals surface area contributed by atoms with Crippen LogP contribution in [0.25, 0.3) is 0 Å². The minimum Gasteiger partial charge on any atom is -0.393 e. The molecule has 1 atom stereocenters. The number of hydrogen-bond donors (Lipinski definition) is 3. The maximum Gasteiger partial charge on any atom is 0.325 e. The SMILES string of the molecule is CC(CN1C(=O)NC2(CCNCC2)C1=O)C(N)=S. The molecule has 2 heterocycles. The summed E-state index contributed by atoms with van der Waals surface area (Å²) in [7, 11) is 0. The summed E-state index contributed by atoms with van der Waals surface area (Å²) < 4.78 is 0. The lowest BCUT2D eigenvalue weighted by Gasteiger charge is -2.31. The van der Waals surface area contributed by atoms with E-state index in [0.717, 1.165) is 13.1 Å². The third kappa shape index (κ3) is 2.20. The first-order chi connectivity index (χ1) is 8.46. The number of nitrogens with two attached hydrogens (primary N) is 1. The molecule has 6 nitrogen and oxygen atoms in total. The standard InChI is InChI=1S/C11H18N4O2S/c1-7(8(12)18)6-15-9(16)11(14-10(15)17)2-4-13-5-3-11/h7,13H,2-6H2,1H3,(H2,12,18)(H,14,17). The second-order valence-electron chi connectivity index (χ2n) is 4.98. The van der Waals surface area contributed by atoms with Crippen LogP contribution in [0.1, 0.15) is 19.8 Å². The first-order valence-corrected chi connectivity index (χ1v) is 6.51. The molecule has 100 valence electrons. The Kier molecular flexibility index (Phi) is 3.54.